The van der Waals surface area contributed by atoms with Gasteiger partial charge in [-0.1, -0.05) is 0 Å². The Morgan fingerprint density at radius 3 is 1.78 bits per heavy atom. The SMILES string of the molecule is CC(C)(C(N)=O)C(N)N. The first-order valence-electron chi connectivity index (χ1n) is 2.70. The molecule has 0 atom stereocenters. The van der Waals surface area contributed by atoms with Crippen LogP contribution in [0.5, 0.6) is 0 Å². The van der Waals surface area contributed by atoms with Crippen molar-refractivity contribution in [2.75, 3.05) is 0 Å². The first-order chi connectivity index (χ1) is 3.89. The number of nitrogens with two attached hydrogens (primary N) is 3. The summed E-state index contributed by atoms with van der Waals surface area (Å²) in [5.41, 5.74) is 14.7. The van der Waals surface area contributed by atoms with E-state index in [-0.39, 0.29) is 0 Å². The normalized spacial score (nSPS) is 12.1. The van der Waals surface area contributed by atoms with Gasteiger partial charge in [0.2, 0.25) is 5.91 Å². The Kier molecular flexibility index (Phi) is 2.17. The molecule has 6 N–H and O–H groups in total. The van der Waals surface area contributed by atoms with Gasteiger partial charge in [-0.05, 0) is 13.8 Å². The highest BCUT2D eigenvalue weighted by Gasteiger charge is 2.29. The average Bonchev–Trinajstić information content (AvgIpc) is 1.65. The molecule has 4 nitrogen and oxygen atoms in total. The minimum atomic E-state index is -0.806. The number of hydrogen-bond donors (Lipinski definition) is 3. The molecule has 0 saturated carbocycles. The van der Waals surface area contributed by atoms with Crippen molar-refractivity contribution < 1.29 is 4.79 Å². The molecule has 0 unspecified atom stereocenters. The monoisotopic (exact) mass is 131 g/mol. The van der Waals surface area contributed by atoms with E-state index in [2.05, 4.69) is 0 Å². The maximum atomic E-state index is 10.5. The average molecular weight is 131 g/mol. The van der Waals surface area contributed by atoms with Gasteiger partial charge in [-0.15, -0.1) is 0 Å². The molecule has 0 aromatic heterocycles. The summed E-state index contributed by atoms with van der Waals surface area (Å²) in [6.45, 7) is 3.22. The van der Waals surface area contributed by atoms with Gasteiger partial charge in [-0.3, -0.25) is 4.79 Å². The van der Waals surface area contributed by atoms with Crippen LogP contribution in [0, 0.1) is 5.41 Å². The Labute approximate surface area is 54.4 Å². The quantitative estimate of drug-likeness (QED) is 0.408. The molecule has 0 aliphatic heterocycles. The maximum absolute atomic E-state index is 10.5. The molecule has 0 fully saturated rings. The van der Waals surface area contributed by atoms with Crippen LogP contribution in [0.3, 0.4) is 0 Å². The van der Waals surface area contributed by atoms with Gasteiger partial charge < -0.3 is 17.2 Å². The maximum Gasteiger partial charge on any atom is 0.225 e. The third kappa shape index (κ3) is 1.65. The molecule has 1 amide bonds. The van der Waals surface area contributed by atoms with Gasteiger partial charge in [0.15, 0.2) is 0 Å². The second-order valence-electron chi connectivity index (χ2n) is 2.61. The first-order valence-corrected chi connectivity index (χ1v) is 2.70. The fourth-order valence-electron chi connectivity index (χ4n) is 0.164. The van der Waals surface area contributed by atoms with Crippen molar-refractivity contribution in [3.05, 3.63) is 0 Å². The summed E-state index contributed by atoms with van der Waals surface area (Å²) in [5.74, 6) is -0.475. The Hall–Kier alpha value is -0.610. The zero-order valence-corrected chi connectivity index (χ0v) is 5.72. The summed E-state index contributed by atoms with van der Waals surface area (Å²) >= 11 is 0. The number of rotatable bonds is 2. The molecule has 0 saturated heterocycles. The highest BCUT2D eigenvalue weighted by Crippen LogP contribution is 2.13. The van der Waals surface area contributed by atoms with E-state index in [0.29, 0.717) is 0 Å². The van der Waals surface area contributed by atoms with Crippen molar-refractivity contribution >= 4 is 5.91 Å². The molecule has 0 rings (SSSR count). The van der Waals surface area contributed by atoms with E-state index < -0.39 is 17.5 Å². The summed E-state index contributed by atoms with van der Waals surface area (Å²) in [6.07, 6.45) is -0.685. The van der Waals surface area contributed by atoms with Crippen LogP contribution in [0.15, 0.2) is 0 Å². The Balaban J connectivity index is 4.19. The lowest BCUT2D eigenvalue weighted by molar-refractivity contribution is -0.126. The molecule has 0 aliphatic rings. The Morgan fingerprint density at radius 1 is 1.44 bits per heavy atom. The lowest BCUT2D eigenvalue weighted by Crippen LogP contribution is -2.51. The largest absolute Gasteiger partial charge is 0.369 e. The van der Waals surface area contributed by atoms with E-state index in [9.17, 15) is 4.79 Å². The van der Waals surface area contributed by atoms with E-state index >= 15 is 0 Å². The fraction of sp³-hybridized carbons (Fsp3) is 0.800. The second-order valence-corrected chi connectivity index (χ2v) is 2.61. The smallest absolute Gasteiger partial charge is 0.225 e. The van der Waals surface area contributed by atoms with Crippen LogP contribution in [-0.4, -0.2) is 12.1 Å². The zero-order chi connectivity index (χ0) is 7.65. The van der Waals surface area contributed by atoms with E-state index in [1.807, 2.05) is 0 Å². The van der Waals surface area contributed by atoms with Crippen LogP contribution in [0.2, 0.25) is 0 Å². The van der Waals surface area contributed by atoms with Crippen LogP contribution in [0.4, 0.5) is 0 Å². The highest BCUT2D eigenvalue weighted by molar-refractivity contribution is 5.80. The van der Waals surface area contributed by atoms with Crippen molar-refractivity contribution in [1.29, 1.82) is 0 Å². The first kappa shape index (κ1) is 8.39. The van der Waals surface area contributed by atoms with E-state index in [0.717, 1.165) is 0 Å². The van der Waals surface area contributed by atoms with Gasteiger partial charge in [-0.25, -0.2) is 0 Å². The van der Waals surface area contributed by atoms with Crippen LogP contribution < -0.4 is 17.2 Å². The molecule has 0 radical (unpaired) electrons. The van der Waals surface area contributed by atoms with Gasteiger partial charge >= 0.3 is 0 Å². The Bertz CT molecular complexity index is 119. The Morgan fingerprint density at radius 2 is 1.78 bits per heavy atom. The summed E-state index contributed by atoms with van der Waals surface area (Å²) in [5, 5.41) is 0. The summed E-state index contributed by atoms with van der Waals surface area (Å²) in [7, 11) is 0. The van der Waals surface area contributed by atoms with Crippen molar-refractivity contribution in [2.45, 2.75) is 20.0 Å². The van der Waals surface area contributed by atoms with E-state index in [1.165, 1.54) is 0 Å². The molecule has 0 bridgehead atoms. The minimum absolute atomic E-state index is 0.475. The summed E-state index contributed by atoms with van der Waals surface area (Å²) < 4.78 is 0. The standard InChI is InChI=1S/C5H13N3O/c1-5(2,3(6)7)4(8)9/h3H,6-7H2,1-2H3,(H2,8,9). The van der Waals surface area contributed by atoms with Crippen molar-refractivity contribution in [1.82, 2.24) is 0 Å². The molecular formula is C5H13N3O. The van der Waals surface area contributed by atoms with Crippen molar-refractivity contribution in [2.24, 2.45) is 22.6 Å². The minimum Gasteiger partial charge on any atom is -0.369 e. The van der Waals surface area contributed by atoms with Gasteiger partial charge in [0.1, 0.15) is 0 Å². The predicted molar refractivity (Wildman–Crippen MR) is 35.1 cm³/mol. The van der Waals surface area contributed by atoms with Crippen LogP contribution >= 0.6 is 0 Å². The third-order valence-corrected chi connectivity index (χ3v) is 1.47. The third-order valence-electron chi connectivity index (χ3n) is 1.47. The molecular weight excluding hydrogens is 118 g/mol. The van der Waals surface area contributed by atoms with E-state index in [4.69, 9.17) is 17.2 Å². The van der Waals surface area contributed by atoms with Crippen LogP contribution in [-0.2, 0) is 4.79 Å². The molecule has 0 aromatic carbocycles. The summed E-state index contributed by atoms with van der Waals surface area (Å²) in [6, 6.07) is 0. The summed E-state index contributed by atoms with van der Waals surface area (Å²) in [4.78, 5) is 10.5. The molecule has 0 aliphatic carbocycles. The number of hydrogen-bond acceptors (Lipinski definition) is 3. The molecule has 4 heteroatoms. The van der Waals surface area contributed by atoms with E-state index in [1.54, 1.807) is 13.8 Å². The van der Waals surface area contributed by atoms with Gasteiger partial charge in [0.05, 0.1) is 11.6 Å². The topological polar surface area (TPSA) is 95.1 Å². The van der Waals surface area contributed by atoms with Gasteiger partial charge in [-0.2, -0.15) is 0 Å². The molecule has 9 heavy (non-hydrogen) atoms. The number of carbonyl (C=O) groups is 1. The van der Waals surface area contributed by atoms with Crippen LogP contribution in [0.25, 0.3) is 0 Å². The molecule has 0 spiro atoms. The lowest BCUT2D eigenvalue weighted by Gasteiger charge is -2.23. The van der Waals surface area contributed by atoms with Crippen molar-refractivity contribution in [3.8, 4) is 0 Å². The fourth-order valence-corrected chi connectivity index (χ4v) is 0.164. The lowest BCUT2D eigenvalue weighted by atomic mass is 9.90. The molecule has 0 heterocycles. The number of primary amides is 1. The zero-order valence-electron chi connectivity index (χ0n) is 5.72. The second kappa shape index (κ2) is 2.33. The molecule has 0 aromatic rings. The van der Waals surface area contributed by atoms with Gasteiger partial charge in [0, 0.05) is 0 Å². The predicted octanol–water partition coefficient (Wildman–Crippen LogP) is -1.26. The highest BCUT2D eigenvalue weighted by atomic mass is 16.1. The van der Waals surface area contributed by atoms with Crippen molar-refractivity contribution in [3.63, 3.8) is 0 Å². The van der Waals surface area contributed by atoms with Gasteiger partial charge in [0.25, 0.3) is 0 Å². The van der Waals surface area contributed by atoms with Crippen LogP contribution in [0.1, 0.15) is 13.8 Å². The molecule has 54 valence electrons. The number of amides is 1. The number of carbonyl (C=O) groups excluding carboxylic acids is 1.